The number of aromatic nitrogens is 3. The van der Waals surface area contributed by atoms with E-state index in [0.29, 0.717) is 6.54 Å². The Hall–Kier alpha value is -2.44. The highest BCUT2D eigenvalue weighted by Gasteiger charge is 2.10. The monoisotopic (exact) mass is 339 g/mol. The number of phenolic OH excluding ortho intramolecular Hbond substituents is 1. The molecule has 0 spiro atoms. The summed E-state index contributed by atoms with van der Waals surface area (Å²) in [7, 11) is 0. The largest absolute Gasteiger partial charge is 0.508 e. The molecule has 4 rings (SSSR count). The second-order valence-electron chi connectivity index (χ2n) is 5.05. The van der Waals surface area contributed by atoms with Gasteiger partial charge in [0, 0.05) is 23.3 Å². The second-order valence-corrected chi connectivity index (χ2v) is 6.86. The van der Waals surface area contributed by atoms with Crippen LogP contribution in [0.2, 0.25) is 0 Å². The lowest BCUT2D eigenvalue weighted by molar-refractivity contribution is 0.475. The van der Waals surface area contributed by atoms with Crippen molar-refractivity contribution in [1.82, 2.24) is 14.5 Å². The first-order valence-electron chi connectivity index (χ1n) is 7.08. The Balaban J connectivity index is 1.62. The summed E-state index contributed by atoms with van der Waals surface area (Å²) in [5.41, 5.74) is 1.90. The molecule has 1 aromatic carbocycles. The van der Waals surface area contributed by atoms with Gasteiger partial charge in [0.1, 0.15) is 16.6 Å². The summed E-state index contributed by atoms with van der Waals surface area (Å²) in [5.74, 6) is 1.07. The topological polar surface area (TPSA) is 50.9 Å². The number of rotatable bonds is 4. The normalized spacial score (nSPS) is 11.0. The van der Waals surface area contributed by atoms with Crippen molar-refractivity contribution in [2.75, 3.05) is 0 Å². The molecule has 4 nitrogen and oxygen atoms in total. The molecule has 0 radical (unpaired) electrons. The van der Waals surface area contributed by atoms with Crippen molar-refractivity contribution in [3.05, 3.63) is 65.2 Å². The lowest BCUT2D eigenvalue weighted by Crippen LogP contribution is -2.01. The Labute approximate surface area is 141 Å². The summed E-state index contributed by atoms with van der Waals surface area (Å²) in [6, 6.07) is 11.3. The molecule has 0 atom stereocenters. The summed E-state index contributed by atoms with van der Waals surface area (Å²) in [5, 5.41) is 14.9. The van der Waals surface area contributed by atoms with E-state index in [9.17, 15) is 5.11 Å². The second kappa shape index (κ2) is 5.98. The maximum atomic E-state index is 9.65. The molecule has 3 aromatic heterocycles. The molecule has 0 amide bonds. The van der Waals surface area contributed by atoms with Gasteiger partial charge in [-0.25, -0.2) is 9.97 Å². The van der Waals surface area contributed by atoms with Gasteiger partial charge in [-0.2, -0.15) is 0 Å². The third kappa shape index (κ3) is 2.91. The van der Waals surface area contributed by atoms with E-state index in [2.05, 4.69) is 21.8 Å². The minimum Gasteiger partial charge on any atom is -0.508 e. The minimum absolute atomic E-state index is 0.241. The van der Waals surface area contributed by atoms with Gasteiger partial charge >= 0.3 is 0 Å². The number of hydrogen-bond acceptors (Lipinski definition) is 5. The van der Waals surface area contributed by atoms with Crippen LogP contribution in [0.5, 0.6) is 5.75 Å². The predicted octanol–water partition coefficient (Wildman–Crippen LogP) is 4.49. The Morgan fingerprint density at radius 1 is 1.13 bits per heavy atom. The summed E-state index contributed by atoms with van der Waals surface area (Å²) < 4.78 is 2.04. The fourth-order valence-electron chi connectivity index (χ4n) is 2.41. The number of thiazole rings is 1. The maximum Gasteiger partial charge on any atom is 0.140 e. The van der Waals surface area contributed by atoms with Crippen LogP contribution in [0.1, 0.15) is 5.69 Å². The summed E-state index contributed by atoms with van der Waals surface area (Å²) >= 11 is 3.36. The molecule has 0 saturated heterocycles. The molecular weight excluding hydrogens is 326 g/mol. The summed E-state index contributed by atoms with van der Waals surface area (Å²) in [6.45, 7) is 0.660. The third-order valence-corrected chi connectivity index (χ3v) is 5.37. The first-order valence-corrected chi connectivity index (χ1v) is 8.84. The van der Waals surface area contributed by atoms with Gasteiger partial charge in [0.2, 0.25) is 0 Å². The lowest BCUT2D eigenvalue weighted by atomic mass is 10.2. The molecule has 0 saturated carbocycles. The number of thiophene rings is 1. The van der Waals surface area contributed by atoms with Crippen LogP contribution in [0.25, 0.3) is 21.3 Å². The van der Waals surface area contributed by atoms with Gasteiger partial charge in [-0.05, 0) is 23.6 Å². The van der Waals surface area contributed by atoms with Gasteiger partial charge in [-0.15, -0.1) is 22.7 Å². The Kier molecular flexibility index (Phi) is 3.69. The van der Waals surface area contributed by atoms with Gasteiger partial charge in [0.05, 0.1) is 17.1 Å². The lowest BCUT2D eigenvalue weighted by Gasteiger charge is -2.06. The first kappa shape index (κ1) is 14.2. The highest BCUT2D eigenvalue weighted by Crippen LogP contribution is 2.28. The van der Waals surface area contributed by atoms with Gasteiger partial charge < -0.3 is 9.67 Å². The molecule has 23 heavy (non-hydrogen) atoms. The van der Waals surface area contributed by atoms with E-state index >= 15 is 0 Å². The van der Waals surface area contributed by atoms with Crippen molar-refractivity contribution in [3.8, 4) is 27.0 Å². The highest BCUT2D eigenvalue weighted by molar-refractivity contribution is 7.20. The van der Waals surface area contributed by atoms with E-state index in [-0.39, 0.29) is 5.75 Å². The van der Waals surface area contributed by atoms with Crippen molar-refractivity contribution in [3.63, 3.8) is 0 Å². The van der Waals surface area contributed by atoms with E-state index in [1.807, 2.05) is 29.0 Å². The average molecular weight is 339 g/mol. The molecule has 3 heterocycles. The minimum atomic E-state index is 0.241. The van der Waals surface area contributed by atoms with Crippen LogP contribution in [0, 0.1) is 0 Å². The van der Waals surface area contributed by atoms with Crippen LogP contribution in [0.3, 0.4) is 0 Å². The van der Waals surface area contributed by atoms with Crippen molar-refractivity contribution < 1.29 is 5.11 Å². The Morgan fingerprint density at radius 3 is 2.91 bits per heavy atom. The molecule has 6 heteroatoms. The zero-order chi connectivity index (χ0) is 15.6. The SMILES string of the molecule is Oc1cccc(-c2nccn2Cc2csc(-c3cccs3)n2)c1. The fraction of sp³-hybridized carbons (Fsp3) is 0.0588. The van der Waals surface area contributed by atoms with Gasteiger partial charge in [-0.1, -0.05) is 18.2 Å². The molecule has 0 bridgehead atoms. The van der Waals surface area contributed by atoms with Crippen LogP contribution in [0.4, 0.5) is 0 Å². The molecule has 1 N–H and O–H groups in total. The van der Waals surface area contributed by atoms with Crippen LogP contribution < -0.4 is 0 Å². The molecule has 0 fully saturated rings. The zero-order valence-corrected chi connectivity index (χ0v) is 13.7. The molecule has 114 valence electrons. The first-order chi connectivity index (χ1) is 11.3. The zero-order valence-electron chi connectivity index (χ0n) is 12.1. The average Bonchev–Trinajstić information content (AvgIpc) is 3.29. The Bertz CT molecular complexity index is 925. The van der Waals surface area contributed by atoms with Gasteiger partial charge in [0.15, 0.2) is 0 Å². The Morgan fingerprint density at radius 2 is 2.09 bits per heavy atom. The van der Waals surface area contributed by atoms with Crippen molar-refractivity contribution in [1.29, 1.82) is 0 Å². The van der Waals surface area contributed by atoms with Crippen molar-refractivity contribution >= 4 is 22.7 Å². The molecule has 0 unspecified atom stereocenters. The van der Waals surface area contributed by atoms with Gasteiger partial charge in [0.25, 0.3) is 0 Å². The number of hydrogen-bond donors (Lipinski definition) is 1. The van der Waals surface area contributed by atoms with Crippen molar-refractivity contribution in [2.45, 2.75) is 6.54 Å². The van der Waals surface area contributed by atoms with Crippen LogP contribution >= 0.6 is 22.7 Å². The molecule has 0 aliphatic rings. The van der Waals surface area contributed by atoms with E-state index in [4.69, 9.17) is 4.98 Å². The van der Waals surface area contributed by atoms with E-state index in [1.165, 1.54) is 4.88 Å². The quantitative estimate of drug-likeness (QED) is 0.596. The standard InChI is InChI=1S/C17H13N3OS2/c21-14-4-1-3-12(9-14)16-18-6-7-20(16)10-13-11-23-17(19-13)15-5-2-8-22-15/h1-9,11,21H,10H2. The van der Waals surface area contributed by atoms with Crippen molar-refractivity contribution in [2.24, 2.45) is 0 Å². The third-order valence-electron chi connectivity index (χ3n) is 3.44. The fourth-order valence-corrected chi connectivity index (χ4v) is 4.03. The number of phenols is 1. The summed E-state index contributed by atoms with van der Waals surface area (Å²) in [6.07, 6.45) is 3.70. The van der Waals surface area contributed by atoms with Crippen LogP contribution in [-0.2, 0) is 6.54 Å². The predicted molar refractivity (Wildman–Crippen MR) is 93.9 cm³/mol. The number of aromatic hydroxyl groups is 1. The molecule has 4 aromatic rings. The number of imidazole rings is 1. The highest BCUT2D eigenvalue weighted by atomic mass is 32.1. The maximum absolute atomic E-state index is 9.65. The molecular formula is C17H13N3OS2. The van der Waals surface area contributed by atoms with Gasteiger partial charge in [-0.3, -0.25) is 0 Å². The molecule has 0 aliphatic carbocycles. The van der Waals surface area contributed by atoms with Crippen LogP contribution in [0.15, 0.2) is 59.6 Å². The smallest absolute Gasteiger partial charge is 0.140 e. The van der Waals surface area contributed by atoms with E-state index in [0.717, 1.165) is 22.1 Å². The molecule has 0 aliphatic heterocycles. The van der Waals surface area contributed by atoms with E-state index in [1.54, 1.807) is 41.0 Å². The number of benzene rings is 1. The van der Waals surface area contributed by atoms with E-state index < -0.39 is 0 Å². The number of nitrogens with zero attached hydrogens (tertiary/aromatic N) is 3. The summed E-state index contributed by atoms with van der Waals surface area (Å²) in [4.78, 5) is 10.3. The van der Waals surface area contributed by atoms with Crippen LogP contribution in [-0.4, -0.2) is 19.6 Å².